The molecule has 0 atom stereocenters. The van der Waals surface area contributed by atoms with Gasteiger partial charge in [-0.2, -0.15) is 0 Å². The van der Waals surface area contributed by atoms with E-state index in [-0.39, 0.29) is 29.0 Å². The maximum Gasteiger partial charge on any atom is 0.404 e. The quantitative estimate of drug-likeness (QED) is 0.506. The molecule has 9 nitrogen and oxygen atoms in total. The van der Waals surface area contributed by atoms with Crippen LogP contribution in [0.3, 0.4) is 0 Å². The molecule has 1 aromatic carbocycles. The van der Waals surface area contributed by atoms with Crippen molar-refractivity contribution < 1.29 is 23.1 Å². The highest BCUT2D eigenvalue weighted by molar-refractivity contribution is 7.89. The molecule has 5 N–H and O–H groups in total. The van der Waals surface area contributed by atoms with Gasteiger partial charge in [0.2, 0.25) is 15.9 Å². The highest BCUT2D eigenvalue weighted by atomic mass is 32.2. The van der Waals surface area contributed by atoms with Crippen molar-refractivity contribution in [3.05, 3.63) is 35.0 Å². The molecule has 2 aromatic rings. The van der Waals surface area contributed by atoms with E-state index in [4.69, 9.17) is 10.8 Å². The van der Waals surface area contributed by atoms with Crippen LogP contribution in [0.25, 0.3) is 10.4 Å². The summed E-state index contributed by atoms with van der Waals surface area (Å²) in [5.74, 6) is -0.500. The predicted molar refractivity (Wildman–Crippen MR) is 113 cm³/mol. The highest BCUT2D eigenvalue weighted by Crippen LogP contribution is 2.39. The van der Waals surface area contributed by atoms with Crippen molar-refractivity contribution in [2.45, 2.75) is 49.5 Å². The molecule has 3 rings (SSSR count). The van der Waals surface area contributed by atoms with Gasteiger partial charge in [-0.25, -0.2) is 22.9 Å². The molecule has 162 valence electrons. The summed E-state index contributed by atoms with van der Waals surface area (Å²) in [4.78, 5) is 27.5. The van der Waals surface area contributed by atoms with E-state index in [0.29, 0.717) is 10.4 Å². The SMILES string of the molecule is CCNS(=O)(=O)c1cc(C(N)=O)ccc1-c1cnc(C2CCC(NC(=O)O)CC2)s1. The molecular formula is C19H24N4O5S2. The standard InChI is InChI=1S/C19H24N4O5S2/c1-2-22-30(27,28)16-9-12(17(20)24)5-8-14(16)15-10-21-18(29-15)11-3-6-13(7-4-11)23-19(25)26/h5,8-11,13,22-23H,2-4,6-7H2,1H3,(H2,20,24)(H,25,26). The van der Waals surface area contributed by atoms with Gasteiger partial charge in [0.05, 0.1) is 14.8 Å². The third kappa shape index (κ3) is 4.97. The largest absolute Gasteiger partial charge is 0.465 e. The Balaban J connectivity index is 1.88. The lowest BCUT2D eigenvalue weighted by Gasteiger charge is -2.27. The zero-order valence-electron chi connectivity index (χ0n) is 16.4. The molecule has 1 aliphatic carbocycles. The summed E-state index contributed by atoms with van der Waals surface area (Å²) in [5.41, 5.74) is 5.90. The van der Waals surface area contributed by atoms with Crippen molar-refractivity contribution >= 4 is 33.4 Å². The number of carbonyl (C=O) groups is 2. The Labute approximate surface area is 178 Å². The number of carbonyl (C=O) groups excluding carboxylic acids is 1. The van der Waals surface area contributed by atoms with E-state index in [1.54, 1.807) is 19.2 Å². The first-order chi connectivity index (χ1) is 14.2. The molecule has 2 amide bonds. The first-order valence-corrected chi connectivity index (χ1v) is 11.9. The number of sulfonamides is 1. The average Bonchev–Trinajstić information content (AvgIpc) is 3.17. The Bertz CT molecular complexity index is 1040. The van der Waals surface area contributed by atoms with Crippen LogP contribution in [0.5, 0.6) is 0 Å². The molecule has 0 spiro atoms. The van der Waals surface area contributed by atoms with Crippen LogP contribution >= 0.6 is 11.3 Å². The fraction of sp³-hybridized carbons (Fsp3) is 0.421. The monoisotopic (exact) mass is 452 g/mol. The fourth-order valence-electron chi connectivity index (χ4n) is 3.63. The smallest absolute Gasteiger partial charge is 0.404 e. The van der Waals surface area contributed by atoms with E-state index in [1.807, 2.05) is 0 Å². The van der Waals surface area contributed by atoms with Crippen LogP contribution < -0.4 is 15.8 Å². The topological polar surface area (TPSA) is 151 Å². The van der Waals surface area contributed by atoms with Gasteiger partial charge in [-0.15, -0.1) is 11.3 Å². The number of hydrogen-bond donors (Lipinski definition) is 4. The van der Waals surface area contributed by atoms with Gasteiger partial charge in [0.1, 0.15) is 0 Å². The van der Waals surface area contributed by atoms with Crippen molar-refractivity contribution in [1.82, 2.24) is 15.0 Å². The molecule has 1 heterocycles. The van der Waals surface area contributed by atoms with Gasteiger partial charge in [-0.3, -0.25) is 4.79 Å². The molecule has 11 heteroatoms. The fourth-order valence-corrected chi connectivity index (χ4v) is 6.11. The third-order valence-corrected chi connectivity index (χ3v) is 7.86. The van der Waals surface area contributed by atoms with E-state index >= 15 is 0 Å². The van der Waals surface area contributed by atoms with Gasteiger partial charge in [-0.05, 0) is 37.8 Å². The van der Waals surface area contributed by atoms with Gasteiger partial charge in [0, 0.05) is 35.8 Å². The molecule has 1 aliphatic rings. The number of nitrogens with two attached hydrogens (primary N) is 1. The lowest BCUT2D eigenvalue weighted by atomic mass is 9.86. The molecule has 0 aliphatic heterocycles. The van der Waals surface area contributed by atoms with Gasteiger partial charge in [0.15, 0.2) is 0 Å². The van der Waals surface area contributed by atoms with E-state index in [0.717, 1.165) is 30.7 Å². The minimum absolute atomic E-state index is 0.00906. The van der Waals surface area contributed by atoms with E-state index in [2.05, 4.69) is 15.0 Å². The number of rotatable bonds is 7. The van der Waals surface area contributed by atoms with Crippen LogP contribution in [-0.2, 0) is 10.0 Å². The highest BCUT2D eigenvalue weighted by Gasteiger charge is 2.27. The summed E-state index contributed by atoms with van der Waals surface area (Å²) in [7, 11) is -3.82. The summed E-state index contributed by atoms with van der Waals surface area (Å²) in [6.45, 7) is 1.89. The molecule has 1 saturated carbocycles. The number of aromatic nitrogens is 1. The van der Waals surface area contributed by atoms with E-state index < -0.39 is 22.0 Å². The third-order valence-electron chi connectivity index (χ3n) is 5.08. The van der Waals surface area contributed by atoms with Crippen molar-refractivity contribution in [3.8, 4) is 10.4 Å². The Morgan fingerprint density at radius 3 is 2.57 bits per heavy atom. The Morgan fingerprint density at radius 2 is 1.97 bits per heavy atom. The number of nitrogens with one attached hydrogen (secondary N) is 2. The van der Waals surface area contributed by atoms with Crippen molar-refractivity contribution in [2.75, 3.05) is 6.54 Å². The summed E-state index contributed by atoms with van der Waals surface area (Å²) in [5, 5.41) is 12.3. The van der Waals surface area contributed by atoms with Crippen molar-refractivity contribution in [1.29, 1.82) is 0 Å². The summed E-state index contributed by atoms with van der Waals surface area (Å²) in [6.07, 6.45) is 3.72. The average molecular weight is 453 g/mol. The second-order valence-electron chi connectivity index (χ2n) is 7.14. The van der Waals surface area contributed by atoms with Gasteiger partial charge >= 0.3 is 6.09 Å². The summed E-state index contributed by atoms with van der Waals surface area (Å²) >= 11 is 1.41. The van der Waals surface area contributed by atoms with Crippen LogP contribution in [-0.4, -0.2) is 43.1 Å². The second kappa shape index (κ2) is 9.11. The molecule has 30 heavy (non-hydrogen) atoms. The van der Waals surface area contributed by atoms with E-state index in [9.17, 15) is 18.0 Å². The number of primary amides is 1. The number of amides is 2. The van der Waals surface area contributed by atoms with Gasteiger partial charge in [0.25, 0.3) is 0 Å². The van der Waals surface area contributed by atoms with Crippen LogP contribution in [0, 0.1) is 0 Å². The van der Waals surface area contributed by atoms with Crippen molar-refractivity contribution in [2.24, 2.45) is 5.73 Å². The molecule has 0 saturated heterocycles. The molecule has 0 unspecified atom stereocenters. The van der Waals surface area contributed by atoms with Crippen LogP contribution in [0.4, 0.5) is 4.79 Å². The number of benzene rings is 1. The lowest BCUT2D eigenvalue weighted by Crippen LogP contribution is -2.36. The van der Waals surface area contributed by atoms with Crippen LogP contribution in [0.2, 0.25) is 0 Å². The Kier molecular flexibility index (Phi) is 6.74. The number of nitrogens with zero attached hydrogens (tertiary/aromatic N) is 1. The predicted octanol–water partition coefficient (Wildman–Crippen LogP) is 2.50. The Morgan fingerprint density at radius 1 is 1.27 bits per heavy atom. The molecular weight excluding hydrogens is 428 g/mol. The summed E-state index contributed by atoms with van der Waals surface area (Å²) in [6, 6.07) is 4.33. The Hall–Kier alpha value is -2.50. The van der Waals surface area contributed by atoms with Crippen molar-refractivity contribution in [3.63, 3.8) is 0 Å². The molecule has 1 fully saturated rings. The zero-order valence-corrected chi connectivity index (χ0v) is 18.1. The van der Waals surface area contributed by atoms with Crippen LogP contribution in [0.15, 0.2) is 29.3 Å². The molecule has 0 radical (unpaired) electrons. The van der Waals surface area contributed by atoms with Gasteiger partial charge in [-0.1, -0.05) is 13.0 Å². The molecule has 1 aromatic heterocycles. The minimum Gasteiger partial charge on any atom is -0.465 e. The number of thiazole rings is 1. The minimum atomic E-state index is -3.82. The number of carboxylic acid groups (broad SMARTS) is 1. The lowest BCUT2D eigenvalue weighted by molar-refractivity contribution is 0.1000. The normalized spacial score (nSPS) is 19.4. The summed E-state index contributed by atoms with van der Waals surface area (Å²) < 4.78 is 27.9. The second-order valence-corrected chi connectivity index (χ2v) is 9.93. The first-order valence-electron chi connectivity index (χ1n) is 9.60. The van der Waals surface area contributed by atoms with Gasteiger partial charge < -0.3 is 16.2 Å². The first kappa shape index (κ1) is 22.2. The van der Waals surface area contributed by atoms with E-state index in [1.165, 1.54) is 23.5 Å². The zero-order chi connectivity index (χ0) is 21.9. The molecule has 0 bridgehead atoms. The van der Waals surface area contributed by atoms with Crippen LogP contribution in [0.1, 0.15) is 53.9 Å². The maximum atomic E-state index is 12.7. The number of hydrogen-bond acceptors (Lipinski definition) is 6. The maximum absolute atomic E-state index is 12.7.